The van der Waals surface area contributed by atoms with E-state index < -0.39 is 114 Å². The van der Waals surface area contributed by atoms with Crippen molar-refractivity contribution in [3.63, 3.8) is 0 Å². The highest BCUT2D eigenvalue weighted by molar-refractivity contribution is 7.92. The van der Waals surface area contributed by atoms with E-state index in [4.69, 9.17) is 16.6 Å². The molecule has 1 aliphatic heterocycles. The van der Waals surface area contributed by atoms with Crippen LogP contribution in [0, 0.1) is 23.5 Å². The third-order valence-electron chi connectivity index (χ3n) is 13.0. The van der Waals surface area contributed by atoms with Crippen LogP contribution < -0.4 is 16.3 Å². The minimum absolute atomic E-state index is 0.00482. The summed E-state index contributed by atoms with van der Waals surface area (Å²) < 4.78 is 146. The van der Waals surface area contributed by atoms with Crippen LogP contribution in [0.5, 0.6) is 0 Å². The Morgan fingerprint density at radius 2 is 1.71 bits per heavy atom. The molecule has 4 unspecified atom stereocenters. The fourth-order valence-electron chi connectivity index (χ4n) is 9.61. The molecule has 0 bridgehead atoms. The highest BCUT2D eigenvalue weighted by Crippen LogP contribution is 2.68. The van der Waals surface area contributed by atoms with E-state index in [0.29, 0.717) is 21.9 Å². The smallest absolute Gasteiger partial charge is 0.293 e. The summed E-state index contributed by atoms with van der Waals surface area (Å²) in [5, 5.41) is 7.23. The summed E-state index contributed by atoms with van der Waals surface area (Å²) in [4.78, 5) is 34.6. The highest BCUT2D eigenvalue weighted by Gasteiger charge is 2.67. The Bertz CT molecular complexity index is 3360. The molecule has 3 aliphatic carbocycles. The van der Waals surface area contributed by atoms with Gasteiger partial charge in [-0.15, -0.1) is 4.40 Å². The molecule has 4 aliphatic rings. The maximum absolute atomic E-state index is 15.6. The van der Waals surface area contributed by atoms with Gasteiger partial charge in [-0.1, -0.05) is 29.8 Å². The van der Waals surface area contributed by atoms with Crippen molar-refractivity contribution < 1.29 is 48.0 Å². The van der Waals surface area contributed by atoms with E-state index in [-0.39, 0.29) is 55.7 Å². The highest BCUT2D eigenvalue weighted by atomic mass is 35.5. The molecule has 2 aromatic heterocycles. The summed E-state index contributed by atoms with van der Waals surface area (Å²) in [5.41, 5.74) is -0.504. The van der Waals surface area contributed by atoms with Crippen molar-refractivity contribution in [3.05, 3.63) is 128 Å². The number of fused-ring (bicyclic) bond motifs is 5. The molecule has 68 heavy (non-hydrogen) atoms. The number of hydrazine groups is 1. The van der Waals surface area contributed by atoms with Crippen LogP contribution in [0.25, 0.3) is 27.7 Å². The lowest BCUT2D eigenvalue weighted by molar-refractivity contribution is -0.123. The van der Waals surface area contributed by atoms with Crippen molar-refractivity contribution in [1.29, 1.82) is 0 Å². The SMILES string of the molecule is CC(C)S(=O)(=O)c1cccc(-c2ccc3c(=O)n(C4=CC=C(Cl)C5C(=NS(C)(=O)=O)NN(C)C45C)c([C@H](Cc4cc(F)cc(F)c4)NC(=O)Cn4nc(C(F)F)c5c4C(F)(F)C4CC54)nc3c2)c1. The van der Waals surface area contributed by atoms with E-state index in [1.54, 1.807) is 25.1 Å². The quantitative estimate of drug-likeness (QED) is 0.122. The van der Waals surface area contributed by atoms with Crippen LogP contribution in [0.1, 0.15) is 73.9 Å². The number of amidine groups is 1. The molecule has 2 fully saturated rings. The number of amides is 1. The lowest BCUT2D eigenvalue weighted by Gasteiger charge is -2.40. The number of sulfone groups is 1. The number of carbonyl (C=O) groups excluding carboxylic acids is 1. The zero-order valence-corrected chi connectivity index (χ0v) is 39.0. The van der Waals surface area contributed by atoms with Crippen LogP contribution in [0.3, 0.4) is 0 Å². The van der Waals surface area contributed by atoms with Gasteiger partial charge in [0, 0.05) is 36.0 Å². The second-order valence-corrected chi connectivity index (χ2v) is 22.4. The number of alkyl halides is 4. The number of hydrogen-bond acceptors (Lipinski definition) is 9. The van der Waals surface area contributed by atoms with Gasteiger partial charge in [-0.2, -0.15) is 13.9 Å². The van der Waals surface area contributed by atoms with Gasteiger partial charge in [0.1, 0.15) is 41.2 Å². The normalized spacial score (nSPS) is 23.0. The lowest BCUT2D eigenvalue weighted by atomic mass is 9.79. The molecular weight excluding hydrogens is 962 g/mol. The van der Waals surface area contributed by atoms with E-state index in [9.17, 15) is 39.2 Å². The molecule has 1 saturated heterocycles. The van der Waals surface area contributed by atoms with Gasteiger partial charge in [0.15, 0.2) is 9.84 Å². The number of aromatic nitrogens is 4. The van der Waals surface area contributed by atoms with Gasteiger partial charge in [0.05, 0.1) is 50.5 Å². The number of benzene rings is 3. The maximum Gasteiger partial charge on any atom is 0.293 e. The van der Waals surface area contributed by atoms with Crippen LogP contribution in [-0.4, -0.2) is 77.0 Å². The topological polar surface area (TPSA) is 178 Å². The Hall–Kier alpha value is -5.84. The number of allylic oxidation sites excluding steroid dienone is 2. The molecule has 1 saturated carbocycles. The number of halogens is 7. The molecule has 9 rings (SSSR count). The Morgan fingerprint density at radius 3 is 2.37 bits per heavy atom. The summed E-state index contributed by atoms with van der Waals surface area (Å²) in [6, 6.07) is 11.6. The standard InChI is InChI=1S/C45H41ClF6N8O6S2/c1-21(2)68(65,66)27-8-6-7-23(16-27)24-9-10-28-32(17-24)54-42(60(43(28)62)34-12-11-31(46)37-41(57-67(5,63)64)56-58(4)44(34,37)3)33(15-22-13-25(47)18-26(48)14-22)53-35(61)20-59-39-36(38(55-59)40(49)50)29-19-30(29)45(39,51)52/h6-14,16-18,21,29-30,33,37,40H,15,19-20H2,1-5H3,(H,53,61)(H,56,57)/t29?,30?,33-,37?,44?/m0/s1. The summed E-state index contributed by atoms with van der Waals surface area (Å²) >= 11 is 6.79. The van der Waals surface area contributed by atoms with Gasteiger partial charge >= 0.3 is 0 Å². The van der Waals surface area contributed by atoms with E-state index in [1.807, 2.05) is 0 Å². The van der Waals surface area contributed by atoms with Crippen molar-refractivity contribution in [1.82, 2.24) is 35.1 Å². The average Bonchev–Trinajstić information content (AvgIpc) is 3.82. The first kappa shape index (κ1) is 47.2. The lowest BCUT2D eigenvalue weighted by Crippen LogP contribution is -2.51. The Labute approximate surface area is 390 Å². The molecule has 358 valence electrons. The van der Waals surface area contributed by atoms with Crippen LogP contribution in [-0.2, 0) is 43.5 Å². The first-order chi connectivity index (χ1) is 31.8. The predicted molar refractivity (Wildman–Crippen MR) is 240 cm³/mol. The van der Waals surface area contributed by atoms with Crippen molar-refractivity contribution in [2.24, 2.45) is 16.2 Å². The minimum atomic E-state index is -4.04. The van der Waals surface area contributed by atoms with E-state index >= 15 is 13.6 Å². The number of nitrogens with zero attached hydrogens (tertiary/aromatic N) is 6. The van der Waals surface area contributed by atoms with Gasteiger partial charge in [-0.25, -0.2) is 44.4 Å². The second kappa shape index (κ2) is 16.4. The molecule has 14 nitrogen and oxygen atoms in total. The van der Waals surface area contributed by atoms with Gasteiger partial charge in [0.2, 0.25) is 5.91 Å². The zero-order valence-electron chi connectivity index (χ0n) is 36.6. The summed E-state index contributed by atoms with van der Waals surface area (Å²) in [6.45, 7) is 3.68. The molecule has 23 heteroatoms. The van der Waals surface area contributed by atoms with Crippen molar-refractivity contribution in [2.75, 3.05) is 13.3 Å². The molecule has 3 aromatic carbocycles. The third kappa shape index (κ3) is 7.91. The third-order valence-corrected chi connectivity index (χ3v) is 16.0. The molecule has 5 atom stereocenters. The van der Waals surface area contributed by atoms with Crippen LogP contribution in [0.15, 0.2) is 91.9 Å². The van der Waals surface area contributed by atoms with Crippen molar-refractivity contribution >= 4 is 59.8 Å². The van der Waals surface area contributed by atoms with E-state index in [0.717, 1.165) is 23.0 Å². The van der Waals surface area contributed by atoms with Crippen molar-refractivity contribution in [2.45, 2.75) is 80.1 Å². The average molecular weight is 1000 g/mol. The number of nitrogens with one attached hydrogen (secondary N) is 2. The number of likely N-dealkylation sites (N-methyl/N-ethyl adjacent to an activating group) is 1. The Balaban J connectivity index is 1.25. The fourth-order valence-corrected chi connectivity index (χ4v) is 11.6. The summed E-state index contributed by atoms with van der Waals surface area (Å²) in [6.07, 6.45) is -0.0298. The molecule has 0 radical (unpaired) electrons. The molecule has 0 spiro atoms. The first-order valence-corrected chi connectivity index (χ1v) is 24.9. The van der Waals surface area contributed by atoms with Gasteiger partial charge in [0.25, 0.3) is 27.9 Å². The van der Waals surface area contributed by atoms with E-state index in [2.05, 4.69) is 20.2 Å². The van der Waals surface area contributed by atoms with E-state index in [1.165, 1.54) is 62.3 Å². The first-order valence-electron chi connectivity index (χ1n) is 21.1. The van der Waals surface area contributed by atoms with Crippen LogP contribution >= 0.6 is 11.6 Å². The Kier molecular flexibility index (Phi) is 11.4. The van der Waals surface area contributed by atoms with Crippen LogP contribution in [0.4, 0.5) is 26.3 Å². The summed E-state index contributed by atoms with van der Waals surface area (Å²) in [7, 11) is -6.23. The monoisotopic (exact) mass is 1000 g/mol. The maximum atomic E-state index is 15.6. The molecule has 5 aromatic rings. The number of sulfonamides is 1. The number of rotatable bonds is 12. The zero-order chi connectivity index (χ0) is 49.2. The molecule has 1 amide bonds. The van der Waals surface area contributed by atoms with Gasteiger partial charge in [-0.05, 0) is 98.4 Å². The Morgan fingerprint density at radius 1 is 1.01 bits per heavy atom. The predicted octanol–water partition coefficient (Wildman–Crippen LogP) is 7.13. The molecule has 2 N–H and O–H groups in total. The second-order valence-electron chi connectivity index (χ2n) is 17.8. The number of carbonyl (C=O) groups is 1. The van der Waals surface area contributed by atoms with Gasteiger partial charge < -0.3 is 10.7 Å². The van der Waals surface area contributed by atoms with Crippen molar-refractivity contribution in [3.8, 4) is 11.1 Å². The molecule has 3 heterocycles. The minimum Gasteiger partial charge on any atom is -0.344 e. The largest absolute Gasteiger partial charge is 0.344 e. The number of hydrogen-bond donors (Lipinski definition) is 2. The summed E-state index contributed by atoms with van der Waals surface area (Å²) in [5.74, 6) is -10.2. The van der Waals surface area contributed by atoms with Crippen LogP contribution in [0.2, 0.25) is 0 Å². The fraction of sp³-hybridized carbons (Fsp3) is 0.356. The molecular formula is C45H41ClF6N8O6S2. The van der Waals surface area contributed by atoms with Gasteiger partial charge in [-0.3, -0.25) is 18.8 Å².